The molecule has 0 aromatic rings. The summed E-state index contributed by atoms with van der Waals surface area (Å²) in [6.45, 7) is 6.38. The monoisotopic (exact) mass is 273 g/mol. The van der Waals surface area contributed by atoms with Gasteiger partial charge in [-0.05, 0) is 37.4 Å². The van der Waals surface area contributed by atoms with Crippen molar-refractivity contribution in [1.82, 2.24) is 5.32 Å². The first-order valence-electron chi connectivity index (χ1n) is 7.07. The van der Waals surface area contributed by atoms with Crippen molar-refractivity contribution in [1.29, 1.82) is 0 Å². The van der Waals surface area contributed by atoms with Gasteiger partial charge < -0.3 is 10.4 Å². The molecule has 0 heterocycles. The number of hydrogen-bond acceptors (Lipinski definition) is 3. The fourth-order valence-corrected chi connectivity index (χ4v) is 3.21. The molecule has 0 aromatic carbocycles. The largest absolute Gasteiger partial charge is 0.396 e. The van der Waals surface area contributed by atoms with Crippen LogP contribution in [-0.4, -0.2) is 34.7 Å². The molecule has 106 valence electrons. The molecule has 4 atom stereocenters. The van der Waals surface area contributed by atoms with Crippen molar-refractivity contribution in [2.24, 2.45) is 11.8 Å². The fourth-order valence-electron chi connectivity index (χ4n) is 2.27. The lowest BCUT2D eigenvalue weighted by atomic mass is 9.86. The second kappa shape index (κ2) is 8.05. The number of thioether (sulfide) groups is 1. The summed E-state index contributed by atoms with van der Waals surface area (Å²) in [4.78, 5) is 12.1. The smallest absolute Gasteiger partial charge is 0.233 e. The highest BCUT2D eigenvalue weighted by molar-refractivity contribution is 8.00. The van der Waals surface area contributed by atoms with Crippen LogP contribution in [0.15, 0.2) is 0 Å². The van der Waals surface area contributed by atoms with Gasteiger partial charge in [-0.2, -0.15) is 0 Å². The molecule has 0 aromatic heterocycles. The minimum absolute atomic E-state index is 0.0203. The van der Waals surface area contributed by atoms with Gasteiger partial charge in [-0.25, -0.2) is 0 Å². The first-order valence-corrected chi connectivity index (χ1v) is 8.12. The van der Waals surface area contributed by atoms with E-state index in [1.54, 1.807) is 11.8 Å². The van der Waals surface area contributed by atoms with E-state index in [4.69, 9.17) is 5.11 Å². The van der Waals surface area contributed by atoms with E-state index in [1.165, 1.54) is 19.3 Å². The van der Waals surface area contributed by atoms with E-state index in [-0.39, 0.29) is 23.7 Å². The maximum absolute atomic E-state index is 12.1. The molecule has 0 radical (unpaired) electrons. The number of rotatable bonds is 6. The Morgan fingerprint density at radius 2 is 2.06 bits per heavy atom. The first-order chi connectivity index (χ1) is 8.54. The van der Waals surface area contributed by atoms with Gasteiger partial charge in [-0.1, -0.05) is 26.7 Å². The van der Waals surface area contributed by atoms with Gasteiger partial charge in [0.25, 0.3) is 0 Å². The molecule has 0 saturated heterocycles. The Bertz CT molecular complexity index is 260. The van der Waals surface area contributed by atoms with E-state index >= 15 is 0 Å². The summed E-state index contributed by atoms with van der Waals surface area (Å²) in [7, 11) is 0. The molecular formula is C14H27NO2S. The molecule has 4 heteroatoms. The van der Waals surface area contributed by atoms with Crippen LogP contribution in [0.2, 0.25) is 0 Å². The minimum atomic E-state index is -0.0203. The summed E-state index contributed by atoms with van der Waals surface area (Å²) in [5.74, 6) is 1.87. The van der Waals surface area contributed by atoms with Crippen molar-refractivity contribution in [3.63, 3.8) is 0 Å². The molecule has 18 heavy (non-hydrogen) atoms. The Balaban J connectivity index is 2.30. The lowest BCUT2D eigenvalue weighted by Crippen LogP contribution is -2.44. The van der Waals surface area contributed by atoms with Crippen molar-refractivity contribution in [2.45, 2.75) is 57.7 Å². The van der Waals surface area contributed by atoms with Crippen LogP contribution in [0.3, 0.4) is 0 Å². The average molecular weight is 273 g/mol. The highest BCUT2D eigenvalue weighted by Gasteiger charge is 2.24. The number of carbonyl (C=O) groups excluding carboxylic acids is 1. The maximum Gasteiger partial charge on any atom is 0.233 e. The fraction of sp³-hybridized carbons (Fsp3) is 0.929. The van der Waals surface area contributed by atoms with Crippen LogP contribution in [0.5, 0.6) is 0 Å². The van der Waals surface area contributed by atoms with Gasteiger partial charge in [0.1, 0.15) is 0 Å². The molecule has 0 aliphatic heterocycles. The SMILES string of the molecule is CC(CO)CSC(C)C(=O)NC1CCCCC1C. The highest BCUT2D eigenvalue weighted by Crippen LogP contribution is 2.24. The topological polar surface area (TPSA) is 49.3 Å². The van der Waals surface area contributed by atoms with Gasteiger partial charge in [-0.15, -0.1) is 11.8 Å². The van der Waals surface area contributed by atoms with Gasteiger partial charge in [0.2, 0.25) is 5.91 Å². The molecule has 4 unspecified atom stereocenters. The number of hydrogen-bond donors (Lipinski definition) is 2. The minimum Gasteiger partial charge on any atom is -0.396 e. The number of nitrogens with one attached hydrogen (secondary N) is 1. The Kier molecular flexibility index (Phi) is 7.08. The third-order valence-electron chi connectivity index (χ3n) is 3.75. The molecule has 1 fully saturated rings. The van der Waals surface area contributed by atoms with E-state index in [2.05, 4.69) is 12.2 Å². The van der Waals surface area contributed by atoms with E-state index in [9.17, 15) is 4.79 Å². The molecule has 1 rings (SSSR count). The predicted octanol–water partition coefficient (Wildman–Crippen LogP) is 2.43. The van der Waals surface area contributed by atoms with Gasteiger partial charge in [-0.3, -0.25) is 4.79 Å². The molecule has 1 saturated carbocycles. The van der Waals surface area contributed by atoms with Crippen molar-refractivity contribution in [2.75, 3.05) is 12.4 Å². The Labute approximate surface area is 115 Å². The lowest BCUT2D eigenvalue weighted by Gasteiger charge is -2.30. The Morgan fingerprint density at radius 3 is 2.67 bits per heavy atom. The zero-order valence-corrected chi connectivity index (χ0v) is 12.6. The third kappa shape index (κ3) is 5.19. The lowest BCUT2D eigenvalue weighted by molar-refractivity contribution is -0.121. The summed E-state index contributed by atoms with van der Waals surface area (Å²) in [5, 5.41) is 12.1. The van der Waals surface area contributed by atoms with Crippen LogP contribution in [-0.2, 0) is 4.79 Å². The van der Waals surface area contributed by atoms with E-state index < -0.39 is 0 Å². The molecule has 1 amide bonds. The number of aliphatic hydroxyl groups excluding tert-OH is 1. The molecule has 1 aliphatic carbocycles. The van der Waals surface area contributed by atoms with Crippen molar-refractivity contribution in [3.05, 3.63) is 0 Å². The molecule has 0 spiro atoms. The Morgan fingerprint density at radius 1 is 1.39 bits per heavy atom. The quantitative estimate of drug-likeness (QED) is 0.781. The van der Waals surface area contributed by atoms with Crippen LogP contribution in [0.4, 0.5) is 0 Å². The summed E-state index contributed by atoms with van der Waals surface area (Å²) >= 11 is 1.63. The van der Waals surface area contributed by atoms with Crippen molar-refractivity contribution in [3.8, 4) is 0 Å². The van der Waals surface area contributed by atoms with Gasteiger partial charge in [0.15, 0.2) is 0 Å². The van der Waals surface area contributed by atoms with Crippen LogP contribution in [0, 0.1) is 11.8 Å². The summed E-state index contributed by atoms with van der Waals surface area (Å²) in [6, 6.07) is 0.365. The summed E-state index contributed by atoms with van der Waals surface area (Å²) in [6.07, 6.45) is 4.88. The van der Waals surface area contributed by atoms with E-state index in [1.807, 2.05) is 13.8 Å². The van der Waals surface area contributed by atoms with E-state index in [0.717, 1.165) is 12.2 Å². The second-order valence-electron chi connectivity index (χ2n) is 5.64. The zero-order valence-electron chi connectivity index (χ0n) is 11.8. The van der Waals surface area contributed by atoms with Crippen LogP contribution in [0.25, 0.3) is 0 Å². The summed E-state index contributed by atoms with van der Waals surface area (Å²) < 4.78 is 0. The first kappa shape index (κ1) is 15.8. The average Bonchev–Trinajstić information content (AvgIpc) is 2.38. The van der Waals surface area contributed by atoms with Gasteiger partial charge in [0.05, 0.1) is 5.25 Å². The van der Waals surface area contributed by atoms with Gasteiger partial charge >= 0.3 is 0 Å². The molecule has 1 aliphatic rings. The zero-order chi connectivity index (χ0) is 13.5. The Hall–Kier alpha value is -0.220. The van der Waals surface area contributed by atoms with Crippen molar-refractivity contribution >= 4 is 17.7 Å². The van der Waals surface area contributed by atoms with Crippen LogP contribution >= 0.6 is 11.8 Å². The predicted molar refractivity (Wildman–Crippen MR) is 77.7 cm³/mol. The second-order valence-corrected chi connectivity index (χ2v) is 7.01. The number of amides is 1. The van der Waals surface area contributed by atoms with Gasteiger partial charge in [0, 0.05) is 12.6 Å². The molecule has 3 nitrogen and oxygen atoms in total. The van der Waals surface area contributed by atoms with Crippen molar-refractivity contribution < 1.29 is 9.90 Å². The molecule has 0 bridgehead atoms. The molecule has 2 N–H and O–H groups in total. The maximum atomic E-state index is 12.1. The summed E-state index contributed by atoms with van der Waals surface area (Å²) in [5.41, 5.74) is 0. The number of aliphatic hydroxyl groups is 1. The number of carbonyl (C=O) groups is 1. The standard InChI is InChI=1S/C14H27NO2S/c1-10(8-16)9-18-12(3)14(17)15-13-7-5-4-6-11(13)2/h10-13,16H,4-9H2,1-3H3,(H,15,17). The van der Waals surface area contributed by atoms with Crippen LogP contribution < -0.4 is 5.32 Å². The third-order valence-corrected chi connectivity index (χ3v) is 5.23. The van der Waals surface area contributed by atoms with E-state index in [0.29, 0.717) is 12.0 Å². The molecular weight excluding hydrogens is 246 g/mol. The van der Waals surface area contributed by atoms with Crippen LogP contribution in [0.1, 0.15) is 46.5 Å². The highest BCUT2D eigenvalue weighted by atomic mass is 32.2. The normalized spacial score (nSPS) is 27.6.